The lowest BCUT2D eigenvalue weighted by molar-refractivity contribution is -0.0427. The van der Waals surface area contributed by atoms with E-state index in [-0.39, 0.29) is 43.1 Å². The summed E-state index contributed by atoms with van der Waals surface area (Å²) in [5.41, 5.74) is 5.87. The molecule has 0 spiro atoms. The van der Waals surface area contributed by atoms with E-state index in [4.69, 9.17) is 23.7 Å². The summed E-state index contributed by atoms with van der Waals surface area (Å²) in [4.78, 5) is 35.0. The molecule has 4 aromatic heterocycles. The maximum Gasteiger partial charge on any atom is 0.386 e. The Bertz CT molecular complexity index is 1920. The summed E-state index contributed by atoms with van der Waals surface area (Å²) < 4.78 is 83.4. The van der Waals surface area contributed by atoms with Gasteiger partial charge in [-0.3, -0.25) is 23.4 Å². The van der Waals surface area contributed by atoms with Crippen molar-refractivity contribution in [1.29, 1.82) is 0 Å². The molecule has 0 amide bonds. The van der Waals surface area contributed by atoms with Crippen LogP contribution in [0.5, 0.6) is 0 Å². The molecule has 43 heavy (non-hydrogen) atoms. The first-order chi connectivity index (χ1) is 20.5. The maximum atomic E-state index is 16.0. The standard InChI is InChI=1S/C21H24FN10O8PS2/c22-14-12(31-7-26-11-4-24-6-25-17(11)31)1-9-3-28-43(35,36)40-13-2-10(5-37-41(34,42)39-16(9)14)38-20(13)32-8-27-15-18(32)29-21(23)30-19(15)33/h4,6-10,12-14,16,20,28H,1-3,5H2,(H,34,42)(H3,23,29,30,33)/t9?,10-,12+,13+,14-,16+,20+,41?/m0/s1. The molecule has 0 radical (unpaired) electrons. The number of thiol groups is 1. The van der Waals surface area contributed by atoms with E-state index in [1.165, 1.54) is 34.3 Å². The number of nitrogens with zero attached hydrogens (tertiary/aromatic N) is 7. The van der Waals surface area contributed by atoms with Crippen LogP contribution in [0, 0.1) is 5.92 Å². The highest BCUT2D eigenvalue weighted by molar-refractivity contribution is 8.44. The Hall–Kier alpha value is -3.04. The van der Waals surface area contributed by atoms with Crippen molar-refractivity contribution in [2.75, 3.05) is 18.9 Å². The molecule has 3 aliphatic rings. The fourth-order valence-electron chi connectivity index (χ4n) is 5.74. The Kier molecular flexibility index (Phi) is 7.04. The van der Waals surface area contributed by atoms with E-state index < -0.39 is 65.3 Å². The number of H-pyrrole nitrogens is 1. The lowest BCUT2D eigenvalue weighted by Gasteiger charge is -2.26. The number of aromatic nitrogens is 8. The van der Waals surface area contributed by atoms with E-state index in [9.17, 15) is 17.8 Å². The number of imidazole rings is 2. The van der Waals surface area contributed by atoms with Crippen LogP contribution in [-0.2, 0) is 32.8 Å². The minimum atomic E-state index is -4.46. The number of nitrogens with one attached hydrogen (secondary N) is 2. The molecule has 8 atom stereocenters. The number of anilines is 1. The summed E-state index contributed by atoms with van der Waals surface area (Å²) in [7, 11) is -4.46. The van der Waals surface area contributed by atoms with Crippen LogP contribution in [0.1, 0.15) is 25.1 Å². The minimum Gasteiger partial charge on any atom is -0.369 e. The minimum absolute atomic E-state index is 0.0298. The molecular formula is C21H24FN10O8PS2. The largest absolute Gasteiger partial charge is 0.386 e. The third kappa shape index (κ3) is 5.33. The van der Waals surface area contributed by atoms with Crippen molar-refractivity contribution in [2.45, 2.75) is 49.6 Å². The molecule has 6 heterocycles. The van der Waals surface area contributed by atoms with Gasteiger partial charge in [-0.2, -0.15) is 18.1 Å². The predicted octanol–water partition coefficient (Wildman–Crippen LogP) is 0.401. The fourth-order valence-corrected chi connectivity index (χ4v) is 8.27. The van der Waals surface area contributed by atoms with Crippen molar-refractivity contribution in [3.05, 3.63) is 35.5 Å². The van der Waals surface area contributed by atoms with Gasteiger partial charge in [0, 0.05) is 18.9 Å². The van der Waals surface area contributed by atoms with Crippen molar-refractivity contribution >= 4 is 57.6 Å². The summed E-state index contributed by atoms with van der Waals surface area (Å²) in [6, 6.07) is -0.886. The van der Waals surface area contributed by atoms with Crippen LogP contribution < -0.4 is 16.0 Å². The molecule has 18 nitrogen and oxygen atoms in total. The summed E-state index contributed by atoms with van der Waals surface area (Å²) in [6.45, 7) is -4.89. The van der Waals surface area contributed by atoms with Crippen LogP contribution in [0.2, 0.25) is 0 Å². The van der Waals surface area contributed by atoms with Gasteiger partial charge in [-0.15, -0.1) is 0 Å². The Morgan fingerprint density at radius 1 is 1.16 bits per heavy atom. The number of halogens is 1. The smallest absolute Gasteiger partial charge is 0.369 e. The number of fused-ring (bicyclic) bond motifs is 5. The summed E-state index contributed by atoms with van der Waals surface area (Å²) in [5, 5.41) is 0. The Labute approximate surface area is 246 Å². The van der Waals surface area contributed by atoms with Crippen molar-refractivity contribution in [2.24, 2.45) is 5.92 Å². The van der Waals surface area contributed by atoms with E-state index in [1.807, 2.05) is 0 Å². The van der Waals surface area contributed by atoms with Gasteiger partial charge in [-0.05, 0) is 6.42 Å². The van der Waals surface area contributed by atoms with Gasteiger partial charge in [0.2, 0.25) is 5.95 Å². The van der Waals surface area contributed by atoms with E-state index in [2.05, 4.69) is 46.9 Å². The zero-order chi connectivity index (χ0) is 30.1. The molecule has 3 fully saturated rings. The first-order valence-electron chi connectivity index (χ1n) is 13.0. The van der Waals surface area contributed by atoms with E-state index in [0.29, 0.717) is 11.2 Å². The lowest BCUT2D eigenvalue weighted by atomic mass is 10.1. The van der Waals surface area contributed by atoms with Gasteiger partial charge in [-0.25, -0.2) is 33.1 Å². The van der Waals surface area contributed by atoms with Crippen molar-refractivity contribution in [1.82, 2.24) is 43.8 Å². The van der Waals surface area contributed by atoms with Gasteiger partial charge < -0.3 is 15.0 Å². The molecule has 1 aliphatic carbocycles. The quantitative estimate of drug-likeness (QED) is 0.169. The number of aromatic amines is 1. The second kappa shape index (κ2) is 10.5. The third-order valence-corrected chi connectivity index (χ3v) is 10.2. The van der Waals surface area contributed by atoms with Crippen LogP contribution in [-0.4, -0.2) is 85.1 Å². The number of nitrogen functional groups attached to an aromatic ring is 1. The number of ether oxygens (including phenoxy) is 1. The van der Waals surface area contributed by atoms with E-state index in [1.54, 1.807) is 0 Å². The molecule has 4 N–H and O–H groups in total. The monoisotopic (exact) mass is 658 g/mol. The first-order valence-corrected chi connectivity index (χ1v) is 17.1. The van der Waals surface area contributed by atoms with Crippen molar-refractivity contribution in [3.8, 4) is 0 Å². The Balaban J connectivity index is 1.19. The summed E-state index contributed by atoms with van der Waals surface area (Å²) >= 11 is 4.07. The van der Waals surface area contributed by atoms with Gasteiger partial charge >= 0.3 is 17.1 Å². The lowest BCUT2D eigenvalue weighted by Crippen LogP contribution is -2.38. The molecule has 230 valence electrons. The average molecular weight is 659 g/mol. The highest BCUT2D eigenvalue weighted by Gasteiger charge is 2.50. The molecule has 7 rings (SSSR count). The molecule has 2 saturated heterocycles. The predicted molar refractivity (Wildman–Crippen MR) is 148 cm³/mol. The van der Waals surface area contributed by atoms with Crippen molar-refractivity contribution < 1.29 is 35.3 Å². The molecular weight excluding hydrogens is 634 g/mol. The molecule has 22 heteroatoms. The second-order valence-electron chi connectivity index (χ2n) is 10.3. The first kappa shape index (κ1) is 28.7. The van der Waals surface area contributed by atoms with Crippen LogP contribution in [0.15, 0.2) is 30.0 Å². The van der Waals surface area contributed by atoms with Crippen LogP contribution in [0.3, 0.4) is 0 Å². The molecule has 0 aromatic carbocycles. The zero-order valence-corrected chi connectivity index (χ0v) is 24.4. The number of hydrogen-bond donors (Lipinski definition) is 4. The topological polar surface area (TPSA) is 233 Å². The summed E-state index contributed by atoms with van der Waals surface area (Å²) in [5.74, 6) is -1.01. The molecule has 4 aromatic rings. The average Bonchev–Trinajstić information content (AvgIpc) is 3.71. The van der Waals surface area contributed by atoms with Crippen LogP contribution in [0.25, 0.3) is 22.3 Å². The van der Waals surface area contributed by atoms with Crippen molar-refractivity contribution in [3.63, 3.8) is 0 Å². The highest BCUT2D eigenvalue weighted by Crippen LogP contribution is 2.58. The zero-order valence-electron chi connectivity index (χ0n) is 21.8. The Morgan fingerprint density at radius 2 is 1.98 bits per heavy atom. The SMILES string of the molecule is Nc1nc2c(ncn2[C@@H]2O[C@@H]3COP(=O)(S)O[C@@H]4C(CNS(=O)(=O)O[C@@H]2C3)C[C@@H](n2cnc3cncnc32)[C@@H]4F)c(=O)[nH]1. The number of nitrogens with two attached hydrogens (primary N) is 1. The van der Waals surface area contributed by atoms with Gasteiger partial charge in [0.15, 0.2) is 23.0 Å². The van der Waals surface area contributed by atoms with E-state index >= 15 is 4.39 Å². The van der Waals surface area contributed by atoms with Gasteiger partial charge in [-0.1, -0.05) is 12.2 Å². The van der Waals surface area contributed by atoms with E-state index in [0.717, 1.165) is 0 Å². The highest BCUT2D eigenvalue weighted by atomic mass is 32.7. The normalized spacial score (nSPS) is 34.9. The molecule has 2 bridgehead atoms. The van der Waals surface area contributed by atoms with Crippen LogP contribution in [0.4, 0.5) is 10.3 Å². The second-order valence-corrected chi connectivity index (χ2v) is 14.6. The maximum absolute atomic E-state index is 16.0. The number of alkyl halides is 1. The van der Waals surface area contributed by atoms with Gasteiger partial charge in [0.25, 0.3) is 5.56 Å². The van der Waals surface area contributed by atoms with Gasteiger partial charge in [0.05, 0.1) is 37.6 Å². The third-order valence-electron chi connectivity index (χ3n) is 7.61. The van der Waals surface area contributed by atoms with Crippen LogP contribution >= 0.6 is 19.0 Å². The fraction of sp³-hybridized carbons (Fsp3) is 0.524. The Morgan fingerprint density at radius 3 is 2.81 bits per heavy atom. The number of hydrogen-bond acceptors (Lipinski definition) is 14. The summed E-state index contributed by atoms with van der Waals surface area (Å²) in [6.07, 6.45) is -0.874. The number of rotatable bonds is 2. The molecule has 1 saturated carbocycles. The molecule has 2 aliphatic heterocycles. The van der Waals surface area contributed by atoms with Gasteiger partial charge in [0.1, 0.15) is 30.2 Å². The molecule has 2 unspecified atom stereocenters.